The molecular formula is C15H16F2N2. The summed E-state index contributed by atoms with van der Waals surface area (Å²) in [7, 11) is 1.77. The molecule has 0 saturated carbocycles. The molecule has 1 N–H and O–H groups in total. The molecular weight excluding hydrogens is 246 g/mol. The highest BCUT2D eigenvalue weighted by Crippen LogP contribution is 2.22. The summed E-state index contributed by atoms with van der Waals surface area (Å²) < 4.78 is 26.6. The second-order valence-electron chi connectivity index (χ2n) is 4.37. The van der Waals surface area contributed by atoms with E-state index >= 15 is 0 Å². The van der Waals surface area contributed by atoms with Crippen LogP contribution in [-0.4, -0.2) is 12.0 Å². The first kappa shape index (κ1) is 13.6. The van der Waals surface area contributed by atoms with Crippen molar-refractivity contribution >= 4 is 0 Å². The normalized spacial score (nSPS) is 12.4. The van der Waals surface area contributed by atoms with Gasteiger partial charge in [-0.15, -0.1) is 0 Å². The Bertz CT molecular complexity index is 529. The summed E-state index contributed by atoms with van der Waals surface area (Å²) in [6.07, 6.45) is 3.18. The molecule has 0 spiro atoms. The van der Waals surface area contributed by atoms with Crippen molar-refractivity contribution in [3.05, 3.63) is 65.5 Å². The van der Waals surface area contributed by atoms with Crippen LogP contribution in [0.15, 0.2) is 42.6 Å². The van der Waals surface area contributed by atoms with Gasteiger partial charge in [0.1, 0.15) is 11.6 Å². The smallest absolute Gasteiger partial charge is 0.130 e. The molecule has 2 nitrogen and oxygen atoms in total. The maximum absolute atomic E-state index is 13.7. The van der Waals surface area contributed by atoms with Crippen LogP contribution in [0.25, 0.3) is 0 Å². The van der Waals surface area contributed by atoms with Gasteiger partial charge in [0.15, 0.2) is 0 Å². The minimum atomic E-state index is -0.555. The predicted molar refractivity (Wildman–Crippen MR) is 70.7 cm³/mol. The Hall–Kier alpha value is -1.81. The Morgan fingerprint density at radius 2 is 2.05 bits per heavy atom. The van der Waals surface area contributed by atoms with Crippen LogP contribution in [0.5, 0.6) is 0 Å². The monoisotopic (exact) mass is 262 g/mol. The number of nitrogens with zero attached hydrogens (tertiary/aromatic N) is 1. The minimum Gasteiger partial charge on any atom is -0.313 e. The van der Waals surface area contributed by atoms with Crippen LogP contribution in [0.2, 0.25) is 0 Å². The molecule has 0 fully saturated rings. The highest BCUT2D eigenvalue weighted by molar-refractivity contribution is 5.22. The Balaban J connectivity index is 2.08. The van der Waals surface area contributed by atoms with Crippen molar-refractivity contribution in [3.63, 3.8) is 0 Å². The molecule has 4 heteroatoms. The zero-order valence-corrected chi connectivity index (χ0v) is 10.7. The van der Waals surface area contributed by atoms with E-state index in [1.807, 2.05) is 18.2 Å². The topological polar surface area (TPSA) is 24.9 Å². The molecule has 1 atom stereocenters. The number of benzene rings is 1. The molecule has 0 radical (unpaired) electrons. The third-order valence-electron chi connectivity index (χ3n) is 3.10. The maximum Gasteiger partial charge on any atom is 0.130 e. The lowest BCUT2D eigenvalue weighted by molar-refractivity contribution is 0.499. The minimum absolute atomic E-state index is 0.150. The fraction of sp³-hybridized carbons (Fsp3) is 0.267. The van der Waals surface area contributed by atoms with E-state index in [1.165, 1.54) is 12.1 Å². The Morgan fingerprint density at radius 1 is 1.21 bits per heavy atom. The summed E-state index contributed by atoms with van der Waals surface area (Å²) in [5, 5.41) is 3.06. The van der Waals surface area contributed by atoms with E-state index in [9.17, 15) is 8.78 Å². The van der Waals surface area contributed by atoms with Crippen molar-refractivity contribution in [1.29, 1.82) is 0 Å². The summed E-state index contributed by atoms with van der Waals surface area (Å²) in [5.74, 6) is -1.07. The second-order valence-corrected chi connectivity index (χ2v) is 4.37. The van der Waals surface area contributed by atoms with Crippen LogP contribution in [0.3, 0.4) is 0 Å². The summed E-state index contributed by atoms with van der Waals surface area (Å²) in [6, 6.07) is 9.26. The first-order valence-corrected chi connectivity index (χ1v) is 6.23. The third-order valence-corrected chi connectivity index (χ3v) is 3.10. The van der Waals surface area contributed by atoms with Crippen LogP contribution in [-0.2, 0) is 6.42 Å². The third kappa shape index (κ3) is 3.58. The van der Waals surface area contributed by atoms with Crippen LogP contribution < -0.4 is 5.32 Å². The van der Waals surface area contributed by atoms with Gasteiger partial charge < -0.3 is 5.32 Å². The highest BCUT2D eigenvalue weighted by Gasteiger charge is 2.14. The van der Waals surface area contributed by atoms with Crippen molar-refractivity contribution in [2.24, 2.45) is 0 Å². The Kier molecular flexibility index (Phi) is 4.58. The Morgan fingerprint density at radius 3 is 2.68 bits per heavy atom. The van der Waals surface area contributed by atoms with Crippen LogP contribution in [0.1, 0.15) is 23.7 Å². The summed E-state index contributed by atoms with van der Waals surface area (Å²) >= 11 is 0. The van der Waals surface area contributed by atoms with Gasteiger partial charge in [-0.25, -0.2) is 8.78 Å². The van der Waals surface area contributed by atoms with Crippen LogP contribution in [0, 0.1) is 11.6 Å². The predicted octanol–water partition coefficient (Wildman–Crippen LogP) is 3.25. The molecule has 0 saturated heterocycles. The number of nitrogens with one attached hydrogen (secondary N) is 1. The number of hydrogen-bond donors (Lipinski definition) is 1. The molecule has 1 aromatic carbocycles. The molecule has 0 aliphatic heterocycles. The standard InChI is InChI=1S/C15H16F2N2/c1-18-15(8-6-12-4-2-3-9-19-12)13-7-5-11(16)10-14(13)17/h2-5,7,9-10,15,18H,6,8H2,1H3. The summed E-state index contributed by atoms with van der Waals surface area (Å²) in [6.45, 7) is 0. The lowest BCUT2D eigenvalue weighted by atomic mass is 10.0. The average molecular weight is 262 g/mol. The number of hydrogen-bond acceptors (Lipinski definition) is 2. The van der Waals surface area contributed by atoms with Gasteiger partial charge in [0.25, 0.3) is 0 Å². The zero-order valence-electron chi connectivity index (χ0n) is 10.7. The van der Waals surface area contributed by atoms with E-state index in [2.05, 4.69) is 10.3 Å². The number of pyridine rings is 1. The molecule has 0 amide bonds. The quantitative estimate of drug-likeness (QED) is 0.894. The molecule has 1 heterocycles. The molecule has 0 aliphatic carbocycles. The van der Waals surface area contributed by atoms with Gasteiger partial charge in [-0.3, -0.25) is 4.98 Å². The van der Waals surface area contributed by atoms with E-state index in [4.69, 9.17) is 0 Å². The first-order chi connectivity index (χ1) is 9.20. The first-order valence-electron chi connectivity index (χ1n) is 6.23. The molecule has 0 aliphatic rings. The van der Waals surface area contributed by atoms with Gasteiger partial charge in [-0.1, -0.05) is 12.1 Å². The maximum atomic E-state index is 13.7. The lowest BCUT2D eigenvalue weighted by Crippen LogP contribution is -2.18. The van der Waals surface area contributed by atoms with Crippen molar-refractivity contribution in [2.45, 2.75) is 18.9 Å². The number of aryl methyl sites for hydroxylation is 1. The largest absolute Gasteiger partial charge is 0.313 e. The van der Waals surface area contributed by atoms with E-state index in [-0.39, 0.29) is 6.04 Å². The molecule has 100 valence electrons. The van der Waals surface area contributed by atoms with Gasteiger partial charge in [-0.05, 0) is 38.1 Å². The van der Waals surface area contributed by atoms with Crippen molar-refractivity contribution in [3.8, 4) is 0 Å². The van der Waals surface area contributed by atoms with E-state index in [1.54, 1.807) is 13.2 Å². The van der Waals surface area contributed by atoms with Gasteiger partial charge in [-0.2, -0.15) is 0 Å². The van der Waals surface area contributed by atoms with Gasteiger partial charge in [0, 0.05) is 29.6 Å². The van der Waals surface area contributed by atoms with Crippen LogP contribution in [0.4, 0.5) is 8.78 Å². The van der Waals surface area contributed by atoms with Crippen molar-refractivity contribution in [1.82, 2.24) is 10.3 Å². The lowest BCUT2D eigenvalue weighted by Gasteiger charge is -2.17. The zero-order chi connectivity index (χ0) is 13.7. The summed E-state index contributed by atoms with van der Waals surface area (Å²) in [5.41, 5.74) is 1.45. The number of aromatic nitrogens is 1. The van der Waals surface area contributed by atoms with Gasteiger partial charge >= 0.3 is 0 Å². The van der Waals surface area contributed by atoms with E-state index < -0.39 is 11.6 Å². The number of rotatable bonds is 5. The molecule has 19 heavy (non-hydrogen) atoms. The fourth-order valence-electron chi connectivity index (χ4n) is 2.08. The molecule has 1 unspecified atom stereocenters. The van der Waals surface area contributed by atoms with Crippen molar-refractivity contribution in [2.75, 3.05) is 7.05 Å². The van der Waals surface area contributed by atoms with Crippen LogP contribution >= 0.6 is 0 Å². The van der Waals surface area contributed by atoms with E-state index in [0.717, 1.165) is 18.2 Å². The summed E-state index contributed by atoms with van der Waals surface area (Å²) in [4.78, 5) is 4.23. The highest BCUT2D eigenvalue weighted by atomic mass is 19.1. The Labute approximate surface area is 111 Å². The molecule has 0 bridgehead atoms. The average Bonchev–Trinajstić information content (AvgIpc) is 2.42. The van der Waals surface area contributed by atoms with Gasteiger partial charge in [0.05, 0.1) is 0 Å². The second kappa shape index (κ2) is 6.38. The molecule has 2 aromatic rings. The SMILES string of the molecule is CNC(CCc1ccccn1)c1ccc(F)cc1F. The number of halogens is 2. The van der Waals surface area contributed by atoms with Crippen molar-refractivity contribution < 1.29 is 8.78 Å². The molecule has 1 aromatic heterocycles. The molecule has 2 rings (SSSR count). The van der Waals surface area contributed by atoms with Gasteiger partial charge in [0.2, 0.25) is 0 Å². The van der Waals surface area contributed by atoms with E-state index in [0.29, 0.717) is 12.0 Å². The fourth-order valence-corrected chi connectivity index (χ4v) is 2.08.